The summed E-state index contributed by atoms with van der Waals surface area (Å²) in [6.45, 7) is 6.28. The fraction of sp³-hybridized carbons (Fsp3) is 0.429. The molecule has 0 aromatic carbocycles. The van der Waals surface area contributed by atoms with Crippen LogP contribution in [0.5, 0.6) is 0 Å². The van der Waals surface area contributed by atoms with Crippen molar-refractivity contribution in [2.75, 3.05) is 31.1 Å². The van der Waals surface area contributed by atoms with E-state index in [1.807, 2.05) is 30.7 Å². The highest BCUT2D eigenvalue weighted by Crippen LogP contribution is 2.17. The van der Waals surface area contributed by atoms with Crippen LogP contribution in [0.2, 0.25) is 0 Å². The van der Waals surface area contributed by atoms with Gasteiger partial charge in [0.05, 0.1) is 0 Å². The van der Waals surface area contributed by atoms with E-state index in [2.05, 4.69) is 32.1 Å². The Hall–Kier alpha value is -1.88. The van der Waals surface area contributed by atoms with Gasteiger partial charge < -0.3 is 15.2 Å². The number of hydrogen-bond acceptors (Lipinski definition) is 4. The molecule has 5 heteroatoms. The summed E-state index contributed by atoms with van der Waals surface area (Å²) in [6, 6.07) is 4.00. The number of anilines is 1. The summed E-state index contributed by atoms with van der Waals surface area (Å²) in [4.78, 5) is 14.4. The van der Waals surface area contributed by atoms with Crippen molar-refractivity contribution in [3.8, 4) is 11.3 Å². The van der Waals surface area contributed by atoms with Crippen LogP contribution in [-0.2, 0) is 0 Å². The van der Waals surface area contributed by atoms with Crippen LogP contribution < -0.4 is 10.2 Å². The molecule has 19 heavy (non-hydrogen) atoms. The first-order chi connectivity index (χ1) is 9.33. The summed E-state index contributed by atoms with van der Waals surface area (Å²) in [5.41, 5.74) is 2.08. The minimum atomic E-state index is 0.620. The Morgan fingerprint density at radius 1 is 1.32 bits per heavy atom. The molecule has 2 aromatic rings. The third-order valence-corrected chi connectivity index (χ3v) is 3.41. The van der Waals surface area contributed by atoms with Gasteiger partial charge in [0, 0.05) is 49.5 Å². The Morgan fingerprint density at radius 2 is 2.16 bits per heavy atom. The lowest BCUT2D eigenvalue weighted by atomic mass is 10.2. The van der Waals surface area contributed by atoms with Crippen LogP contribution in [-0.4, -0.2) is 41.1 Å². The summed E-state index contributed by atoms with van der Waals surface area (Å²) in [6.07, 6.45) is 5.68. The number of aromatic amines is 1. The normalized spacial score (nSPS) is 20.3. The molecule has 0 amide bonds. The molecule has 2 aromatic heterocycles. The molecule has 0 bridgehead atoms. The lowest BCUT2D eigenvalue weighted by Crippen LogP contribution is -2.30. The van der Waals surface area contributed by atoms with Crippen molar-refractivity contribution >= 4 is 5.95 Å². The van der Waals surface area contributed by atoms with Gasteiger partial charge in [-0.3, -0.25) is 0 Å². The molecule has 1 saturated heterocycles. The van der Waals surface area contributed by atoms with Gasteiger partial charge in [0.15, 0.2) is 0 Å². The Kier molecular flexibility index (Phi) is 3.46. The van der Waals surface area contributed by atoms with E-state index in [0.717, 1.165) is 43.4 Å². The number of H-pyrrole nitrogens is 1. The van der Waals surface area contributed by atoms with Crippen molar-refractivity contribution in [2.45, 2.75) is 6.92 Å². The average Bonchev–Trinajstić information content (AvgIpc) is 2.88. The highest BCUT2D eigenvalue weighted by Gasteiger charge is 2.16. The maximum absolute atomic E-state index is 4.50. The smallest absolute Gasteiger partial charge is 0.225 e. The quantitative estimate of drug-likeness (QED) is 0.856. The lowest BCUT2D eigenvalue weighted by Gasteiger charge is -2.21. The van der Waals surface area contributed by atoms with Gasteiger partial charge >= 0.3 is 0 Å². The molecule has 100 valence electrons. The first kappa shape index (κ1) is 12.2. The van der Waals surface area contributed by atoms with Gasteiger partial charge in [-0.05, 0) is 24.6 Å². The number of nitrogens with one attached hydrogen (secondary N) is 2. The summed E-state index contributed by atoms with van der Waals surface area (Å²) in [7, 11) is 0. The molecule has 3 heterocycles. The highest BCUT2D eigenvalue weighted by molar-refractivity contribution is 5.57. The molecule has 1 aliphatic rings. The van der Waals surface area contributed by atoms with Crippen molar-refractivity contribution in [3.05, 3.63) is 30.7 Å². The van der Waals surface area contributed by atoms with E-state index >= 15 is 0 Å². The summed E-state index contributed by atoms with van der Waals surface area (Å²) >= 11 is 0. The van der Waals surface area contributed by atoms with Crippen LogP contribution >= 0.6 is 0 Å². The number of nitrogens with zero attached hydrogens (tertiary/aromatic N) is 3. The fourth-order valence-electron chi connectivity index (χ4n) is 2.41. The molecule has 1 atom stereocenters. The minimum Gasteiger partial charge on any atom is -0.361 e. The van der Waals surface area contributed by atoms with Gasteiger partial charge in [-0.15, -0.1) is 0 Å². The monoisotopic (exact) mass is 257 g/mol. The van der Waals surface area contributed by atoms with E-state index < -0.39 is 0 Å². The molecule has 0 saturated carbocycles. The predicted octanol–water partition coefficient (Wildman–Crippen LogP) is 1.52. The van der Waals surface area contributed by atoms with Gasteiger partial charge in [-0.25, -0.2) is 9.97 Å². The molecule has 1 fully saturated rings. The first-order valence-electron chi connectivity index (χ1n) is 6.74. The maximum atomic E-state index is 4.50. The van der Waals surface area contributed by atoms with E-state index in [0.29, 0.717) is 5.92 Å². The molecule has 3 rings (SSSR count). The van der Waals surface area contributed by atoms with Crippen molar-refractivity contribution < 1.29 is 0 Å². The van der Waals surface area contributed by atoms with Gasteiger partial charge in [-0.2, -0.15) is 0 Å². The first-order valence-corrected chi connectivity index (χ1v) is 6.74. The van der Waals surface area contributed by atoms with E-state index in [4.69, 9.17) is 0 Å². The number of rotatable bonds is 2. The van der Waals surface area contributed by atoms with Gasteiger partial charge in [-0.1, -0.05) is 6.92 Å². The molecule has 5 nitrogen and oxygen atoms in total. The third-order valence-electron chi connectivity index (χ3n) is 3.41. The largest absolute Gasteiger partial charge is 0.361 e. The molecule has 0 aliphatic carbocycles. The van der Waals surface area contributed by atoms with E-state index in [-0.39, 0.29) is 0 Å². The van der Waals surface area contributed by atoms with Crippen molar-refractivity contribution in [1.82, 2.24) is 20.3 Å². The summed E-state index contributed by atoms with van der Waals surface area (Å²) in [5, 5.41) is 3.43. The average molecular weight is 257 g/mol. The highest BCUT2D eigenvalue weighted by atomic mass is 15.3. The lowest BCUT2D eigenvalue weighted by molar-refractivity contribution is 0.561. The summed E-state index contributed by atoms with van der Waals surface area (Å²) in [5.74, 6) is 1.44. The fourth-order valence-corrected chi connectivity index (χ4v) is 2.41. The molecular weight excluding hydrogens is 238 g/mol. The van der Waals surface area contributed by atoms with E-state index in [9.17, 15) is 0 Å². The van der Waals surface area contributed by atoms with Crippen LogP contribution in [0.3, 0.4) is 0 Å². The number of aromatic nitrogens is 3. The van der Waals surface area contributed by atoms with Crippen LogP contribution in [0.4, 0.5) is 5.95 Å². The second-order valence-electron chi connectivity index (χ2n) is 5.11. The Bertz CT molecular complexity index is 505. The van der Waals surface area contributed by atoms with Gasteiger partial charge in [0.25, 0.3) is 0 Å². The van der Waals surface area contributed by atoms with Crippen LogP contribution in [0, 0.1) is 5.92 Å². The topological polar surface area (TPSA) is 56.8 Å². The Labute approximate surface area is 113 Å². The van der Waals surface area contributed by atoms with Gasteiger partial charge in [0.2, 0.25) is 5.95 Å². The molecular formula is C14H19N5. The minimum absolute atomic E-state index is 0.620. The van der Waals surface area contributed by atoms with Crippen molar-refractivity contribution in [1.29, 1.82) is 0 Å². The molecule has 2 N–H and O–H groups in total. The van der Waals surface area contributed by atoms with E-state index in [1.54, 1.807) is 0 Å². The molecule has 1 unspecified atom stereocenters. The van der Waals surface area contributed by atoms with Crippen LogP contribution in [0.15, 0.2) is 30.7 Å². The van der Waals surface area contributed by atoms with Gasteiger partial charge in [0.1, 0.15) is 0 Å². The zero-order valence-corrected chi connectivity index (χ0v) is 11.1. The molecule has 0 spiro atoms. The second-order valence-corrected chi connectivity index (χ2v) is 5.11. The SMILES string of the molecule is CC1CNCCN(c2ncc(-c3ccc[nH]3)cn2)C1. The molecule has 1 aliphatic heterocycles. The maximum Gasteiger partial charge on any atom is 0.225 e. The predicted molar refractivity (Wildman–Crippen MR) is 76.1 cm³/mol. The Morgan fingerprint density at radius 3 is 2.89 bits per heavy atom. The zero-order valence-electron chi connectivity index (χ0n) is 11.1. The number of hydrogen-bond donors (Lipinski definition) is 2. The van der Waals surface area contributed by atoms with Crippen molar-refractivity contribution in [2.24, 2.45) is 5.92 Å². The zero-order chi connectivity index (χ0) is 13.1. The molecule has 0 radical (unpaired) electrons. The second kappa shape index (κ2) is 5.40. The third kappa shape index (κ3) is 2.76. The summed E-state index contributed by atoms with van der Waals surface area (Å²) < 4.78 is 0. The van der Waals surface area contributed by atoms with Crippen LogP contribution in [0.1, 0.15) is 6.92 Å². The van der Waals surface area contributed by atoms with Crippen LogP contribution in [0.25, 0.3) is 11.3 Å². The standard InChI is InChI=1S/C14H19N5/c1-11-7-15-5-6-19(10-11)14-17-8-12(9-18-14)13-3-2-4-16-13/h2-4,8-9,11,15-16H,5-7,10H2,1H3. The van der Waals surface area contributed by atoms with Crippen molar-refractivity contribution in [3.63, 3.8) is 0 Å². The van der Waals surface area contributed by atoms with E-state index in [1.165, 1.54) is 0 Å². The Balaban J connectivity index is 1.78.